The van der Waals surface area contributed by atoms with E-state index in [0.717, 1.165) is 0 Å². The van der Waals surface area contributed by atoms with Gasteiger partial charge in [-0.15, -0.1) is 0 Å². The lowest BCUT2D eigenvalue weighted by Gasteiger charge is -2.17. The van der Waals surface area contributed by atoms with Crippen molar-refractivity contribution in [2.75, 3.05) is 27.4 Å². The summed E-state index contributed by atoms with van der Waals surface area (Å²) < 4.78 is 15.9. The molecule has 0 spiro atoms. The molecule has 19 heavy (non-hydrogen) atoms. The van der Waals surface area contributed by atoms with Crippen LogP contribution in [0.15, 0.2) is 18.2 Å². The van der Waals surface area contributed by atoms with E-state index < -0.39 is 12.0 Å². The Kier molecular flexibility index (Phi) is 5.95. The van der Waals surface area contributed by atoms with Crippen LogP contribution >= 0.6 is 0 Å². The minimum atomic E-state index is -0.962. The number of hydrogen-bond acceptors (Lipinski definition) is 5. The van der Waals surface area contributed by atoms with Crippen LogP contribution in [0.4, 0.5) is 0 Å². The molecule has 0 bridgehead atoms. The van der Waals surface area contributed by atoms with E-state index in [-0.39, 0.29) is 6.61 Å². The maximum atomic E-state index is 11.0. The van der Waals surface area contributed by atoms with Crippen LogP contribution in [0.5, 0.6) is 17.2 Å². The Morgan fingerprint density at radius 1 is 1.32 bits per heavy atom. The van der Waals surface area contributed by atoms with Crippen molar-refractivity contribution >= 4 is 5.97 Å². The number of carboxylic acids is 1. The average molecular weight is 269 g/mol. The van der Waals surface area contributed by atoms with Crippen molar-refractivity contribution in [3.8, 4) is 17.2 Å². The quantitative estimate of drug-likeness (QED) is 0.737. The molecule has 1 unspecified atom stereocenters. The van der Waals surface area contributed by atoms with Gasteiger partial charge in [-0.25, -0.2) is 0 Å². The lowest BCUT2D eigenvalue weighted by molar-refractivity contribution is -0.140. The van der Waals surface area contributed by atoms with E-state index >= 15 is 0 Å². The Hall–Kier alpha value is -1.95. The summed E-state index contributed by atoms with van der Waals surface area (Å²) in [6, 6.07) is 4.44. The van der Waals surface area contributed by atoms with Gasteiger partial charge in [-0.1, -0.05) is 13.0 Å². The number of hydrogen-bond donors (Lipinski definition) is 2. The van der Waals surface area contributed by atoms with Crippen molar-refractivity contribution in [1.29, 1.82) is 0 Å². The molecule has 1 atom stereocenters. The van der Waals surface area contributed by atoms with Crippen LogP contribution in [0, 0.1) is 0 Å². The van der Waals surface area contributed by atoms with E-state index in [0.29, 0.717) is 23.8 Å². The van der Waals surface area contributed by atoms with E-state index in [9.17, 15) is 4.79 Å². The van der Waals surface area contributed by atoms with Crippen LogP contribution in [-0.4, -0.2) is 44.5 Å². The maximum absolute atomic E-state index is 11.0. The van der Waals surface area contributed by atoms with Crippen molar-refractivity contribution in [1.82, 2.24) is 5.32 Å². The molecule has 0 aliphatic carbocycles. The Labute approximate surface area is 112 Å². The topological polar surface area (TPSA) is 77.0 Å². The van der Waals surface area contributed by atoms with Crippen LogP contribution in [-0.2, 0) is 4.79 Å². The number of methoxy groups -OCH3 is 2. The summed E-state index contributed by atoms with van der Waals surface area (Å²) >= 11 is 0. The Bertz CT molecular complexity index is 399. The zero-order valence-electron chi connectivity index (χ0n) is 11.3. The molecule has 0 amide bonds. The van der Waals surface area contributed by atoms with Gasteiger partial charge < -0.3 is 24.6 Å². The van der Waals surface area contributed by atoms with E-state index in [1.807, 2.05) is 6.92 Å². The van der Waals surface area contributed by atoms with E-state index in [2.05, 4.69) is 5.32 Å². The number of carboxylic acid groups (broad SMARTS) is 1. The first-order valence-electron chi connectivity index (χ1n) is 5.94. The van der Waals surface area contributed by atoms with E-state index in [4.69, 9.17) is 19.3 Å². The van der Waals surface area contributed by atoms with Gasteiger partial charge in [0.25, 0.3) is 0 Å². The fourth-order valence-corrected chi connectivity index (χ4v) is 1.59. The normalized spacial score (nSPS) is 11.7. The molecule has 0 fully saturated rings. The first-order chi connectivity index (χ1) is 9.13. The molecule has 1 aromatic carbocycles. The van der Waals surface area contributed by atoms with Crippen molar-refractivity contribution in [3.63, 3.8) is 0 Å². The lowest BCUT2D eigenvalue weighted by Crippen LogP contribution is -2.41. The third kappa shape index (κ3) is 4.03. The highest BCUT2D eigenvalue weighted by molar-refractivity contribution is 5.73. The molecule has 0 aliphatic rings. The molecule has 0 saturated carbocycles. The fraction of sp³-hybridized carbons (Fsp3) is 0.462. The van der Waals surface area contributed by atoms with Crippen molar-refractivity contribution in [3.05, 3.63) is 18.2 Å². The number of ether oxygens (including phenoxy) is 3. The number of benzene rings is 1. The van der Waals surface area contributed by atoms with Crippen LogP contribution in [0.1, 0.15) is 6.92 Å². The Morgan fingerprint density at radius 3 is 2.32 bits per heavy atom. The first-order valence-corrected chi connectivity index (χ1v) is 5.94. The number of para-hydroxylation sites is 1. The zero-order valence-corrected chi connectivity index (χ0v) is 11.3. The minimum Gasteiger partial charge on any atom is -0.493 e. The number of aliphatic carboxylic acids is 1. The molecule has 0 aliphatic heterocycles. The van der Waals surface area contributed by atoms with E-state index in [1.165, 1.54) is 14.2 Å². The smallest absolute Gasteiger partial charge is 0.324 e. The standard InChI is InChI=1S/C13H19NO5/c1-4-14-9(13(15)16)8-19-12-10(17-2)6-5-7-11(12)18-3/h5-7,9,14H,4,8H2,1-3H3,(H,15,16). The number of carbonyl (C=O) groups is 1. The third-order valence-corrected chi connectivity index (χ3v) is 2.53. The third-order valence-electron chi connectivity index (χ3n) is 2.53. The van der Waals surface area contributed by atoms with Gasteiger partial charge in [-0.2, -0.15) is 0 Å². The summed E-state index contributed by atoms with van der Waals surface area (Å²) in [4.78, 5) is 11.0. The van der Waals surface area contributed by atoms with Crippen LogP contribution in [0.3, 0.4) is 0 Å². The Balaban J connectivity index is 2.83. The largest absolute Gasteiger partial charge is 0.493 e. The van der Waals surface area contributed by atoms with Gasteiger partial charge in [0, 0.05) is 0 Å². The second-order valence-corrected chi connectivity index (χ2v) is 3.75. The minimum absolute atomic E-state index is 0.0140. The van der Waals surface area contributed by atoms with Crippen LogP contribution in [0.25, 0.3) is 0 Å². The summed E-state index contributed by atoms with van der Waals surface area (Å²) in [6.45, 7) is 2.36. The molecule has 6 nitrogen and oxygen atoms in total. The van der Waals surface area contributed by atoms with Crippen molar-refractivity contribution in [2.24, 2.45) is 0 Å². The highest BCUT2D eigenvalue weighted by Gasteiger charge is 2.19. The molecule has 1 rings (SSSR count). The van der Waals surface area contributed by atoms with Gasteiger partial charge in [0.2, 0.25) is 5.75 Å². The van der Waals surface area contributed by atoms with Gasteiger partial charge in [-0.3, -0.25) is 4.79 Å². The highest BCUT2D eigenvalue weighted by atomic mass is 16.5. The maximum Gasteiger partial charge on any atom is 0.324 e. The number of rotatable bonds is 8. The first kappa shape index (κ1) is 15.1. The molecule has 0 aromatic heterocycles. The summed E-state index contributed by atoms with van der Waals surface area (Å²) in [5, 5.41) is 11.9. The molecule has 0 heterocycles. The molecule has 106 valence electrons. The lowest BCUT2D eigenvalue weighted by atomic mass is 10.3. The SMILES string of the molecule is CCNC(COc1c(OC)cccc1OC)C(=O)O. The van der Waals surface area contributed by atoms with Gasteiger partial charge in [0.1, 0.15) is 12.6 Å². The summed E-state index contributed by atoms with van der Waals surface area (Å²) in [6.07, 6.45) is 0. The number of nitrogens with one attached hydrogen (secondary N) is 1. The average Bonchev–Trinajstić information content (AvgIpc) is 2.42. The Morgan fingerprint density at radius 2 is 1.89 bits per heavy atom. The van der Waals surface area contributed by atoms with Crippen LogP contribution < -0.4 is 19.5 Å². The van der Waals surface area contributed by atoms with Crippen molar-refractivity contribution in [2.45, 2.75) is 13.0 Å². The number of likely N-dealkylation sites (N-methyl/N-ethyl adjacent to an activating group) is 1. The van der Waals surface area contributed by atoms with Gasteiger partial charge in [0.05, 0.1) is 14.2 Å². The molecule has 0 radical (unpaired) electrons. The molecular formula is C13H19NO5. The predicted molar refractivity (Wildman–Crippen MR) is 70.1 cm³/mol. The molecule has 2 N–H and O–H groups in total. The van der Waals surface area contributed by atoms with Gasteiger partial charge in [-0.05, 0) is 18.7 Å². The van der Waals surface area contributed by atoms with Gasteiger partial charge in [0.15, 0.2) is 11.5 Å². The molecule has 6 heteroatoms. The molecule has 1 aromatic rings. The highest BCUT2D eigenvalue weighted by Crippen LogP contribution is 2.36. The van der Waals surface area contributed by atoms with Gasteiger partial charge >= 0.3 is 5.97 Å². The molecule has 0 saturated heterocycles. The van der Waals surface area contributed by atoms with Crippen molar-refractivity contribution < 1.29 is 24.1 Å². The summed E-state index contributed by atoms with van der Waals surface area (Å²) in [5.74, 6) is 0.437. The van der Waals surface area contributed by atoms with Crippen LogP contribution in [0.2, 0.25) is 0 Å². The second-order valence-electron chi connectivity index (χ2n) is 3.75. The molecular weight excluding hydrogens is 250 g/mol. The monoisotopic (exact) mass is 269 g/mol. The summed E-state index contributed by atoms with van der Waals surface area (Å²) in [5.41, 5.74) is 0. The summed E-state index contributed by atoms with van der Waals surface area (Å²) in [7, 11) is 3.03. The predicted octanol–water partition coefficient (Wildman–Crippen LogP) is 1.15. The fourth-order valence-electron chi connectivity index (χ4n) is 1.59. The van der Waals surface area contributed by atoms with E-state index in [1.54, 1.807) is 18.2 Å². The zero-order chi connectivity index (χ0) is 14.3. The second kappa shape index (κ2) is 7.48.